The Morgan fingerprint density at radius 2 is 2.00 bits per heavy atom. The number of hydrogen-bond donors (Lipinski definition) is 3. The molecule has 0 bridgehead atoms. The number of anilines is 1. The van der Waals surface area contributed by atoms with Crippen molar-refractivity contribution in [2.75, 3.05) is 18.8 Å². The zero-order valence-electron chi connectivity index (χ0n) is 21.7. The SMILES string of the molecule is Nc1ncccc1-c1nc2ccc(-n3cccn3)nc2n1-c1ccc2c(c1)CC[C@@H]2NC1CC2(CCNC2)C1. The molecule has 1 atom stereocenters. The lowest BCUT2D eigenvalue weighted by atomic mass is 9.65. The number of imidazole rings is 1. The van der Waals surface area contributed by atoms with Gasteiger partial charge in [-0.25, -0.2) is 19.6 Å². The van der Waals surface area contributed by atoms with Gasteiger partial charge < -0.3 is 16.4 Å². The first-order chi connectivity index (χ1) is 19.2. The van der Waals surface area contributed by atoms with Crippen molar-refractivity contribution in [1.82, 2.24) is 39.9 Å². The highest BCUT2D eigenvalue weighted by Gasteiger charge is 2.46. The third kappa shape index (κ3) is 3.76. The van der Waals surface area contributed by atoms with E-state index in [2.05, 4.69) is 43.5 Å². The van der Waals surface area contributed by atoms with Crippen molar-refractivity contribution in [3.05, 3.63) is 78.2 Å². The molecule has 1 aromatic carbocycles. The smallest absolute Gasteiger partial charge is 0.167 e. The van der Waals surface area contributed by atoms with Crippen LogP contribution in [0.15, 0.2) is 67.1 Å². The number of hydrogen-bond acceptors (Lipinski definition) is 7. The van der Waals surface area contributed by atoms with Gasteiger partial charge in [0.2, 0.25) is 0 Å². The average Bonchev–Trinajstić information content (AvgIpc) is 3.74. The third-order valence-electron chi connectivity index (χ3n) is 8.90. The number of pyridine rings is 2. The Hall–Kier alpha value is -4.08. The van der Waals surface area contributed by atoms with Crippen molar-refractivity contribution in [2.24, 2.45) is 5.41 Å². The van der Waals surface area contributed by atoms with Gasteiger partial charge in [0, 0.05) is 42.9 Å². The van der Waals surface area contributed by atoms with Gasteiger partial charge in [0.05, 0.1) is 5.56 Å². The molecule has 1 saturated heterocycles. The molecule has 4 N–H and O–H groups in total. The van der Waals surface area contributed by atoms with Crippen molar-refractivity contribution < 1.29 is 0 Å². The molecule has 1 spiro atoms. The number of rotatable bonds is 5. The molecule has 9 heteroatoms. The largest absolute Gasteiger partial charge is 0.383 e. The Bertz CT molecular complexity index is 1670. The number of aryl methyl sites for hydroxylation is 1. The molecule has 5 aromatic rings. The molecular weight excluding hydrogens is 486 g/mol. The second-order valence-electron chi connectivity index (χ2n) is 11.3. The van der Waals surface area contributed by atoms with Gasteiger partial charge in [-0.05, 0) is 97.7 Å². The zero-order chi connectivity index (χ0) is 26.0. The van der Waals surface area contributed by atoms with Crippen LogP contribution in [0.3, 0.4) is 0 Å². The Balaban J connectivity index is 1.18. The highest BCUT2D eigenvalue weighted by molar-refractivity contribution is 5.83. The van der Waals surface area contributed by atoms with Gasteiger partial charge in [0.25, 0.3) is 0 Å². The lowest BCUT2D eigenvalue weighted by molar-refractivity contribution is 0.0963. The Morgan fingerprint density at radius 1 is 1.05 bits per heavy atom. The second kappa shape index (κ2) is 8.72. The van der Waals surface area contributed by atoms with E-state index in [-0.39, 0.29) is 0 Å². The molecular formula is C30H31N9. The van der Waals surface area contributed by atoms with Gasteiger partial charge in [-0.2, -0.15) is 5.10 Å². The summed E-state index contributed by atoms with van der Waals surface area (Å²) < 4.78 is 3.87. The van der Waals surface area contributed by atoms with E-state index < -0.39 is 0 Å². The number of nitrogens with one attached hydrogen (secondary N) is 2. The van der Waals surface area contributed by atoms with Crippen LogP contribution in [0.5, 0.6) is 0 Å². The van der Waals surface area contributed by atoms with E-state index in [9.17, 15) is 0 Å². The van der Waals surface area contributed by atoms with E-state index in [1.807, 2.05) is 36.5 Å². The summed E-state index contributed by atoms with van der Waals surface area (Å²) in [5, 5.41) is 11.9. The van der Waals surface area contributed by atoms with Crippen LogP contribution >= 0.6 is 0 Å². The first-order valence-electron chi connectivity index (χ1n) is 13.9. The first kappa shape index (κ1) is 22.9. The molecule has 4 aromatic heterocycles. The van der Waals surface area contributed by atoms with Crippen LogP contribution in [0.4, 0.5) is 5.82 Å². The standard InChI is InChI=1S/C30H31N9/c31-27-23(3-1-11-33-27)28-36-25-8-9-26(38-14-2-12-34-38)37-29(25)39(28)21-5-6-22-19(15-21)4-7-24(22)35-20-16-30(17-20)10-13-32-18-30/h1-3,5-6,8-9,11-12,14-15,20,24,32,35H,4,7,10,13,16-18H2,(H2,31,33)/t20?,24-,30?/m0/s1. The van der Waals surface area contributed by atoms with Gasteiger partial charge in [-0.3, -0.25) is 4.57 Å². The number of benzene rings is 1. The van der Waals surface area contributed by atoms with Crippen LogP contribution in [0.1, 0.15) is 42.9 Å². The summed E-state index contributed by atoms with van der Waals surface area (Å²) in [5.74, 6) is 1.92. The molecule has 1 aliphatic heterocycles. The monoisotopic (exact) mass is 517 g/mol. The molecule has 8 rings (SSSR count). The van der Waals surface area contributed by atoms with Gasteiger partial charge in [-0.15, -0.1) is 0 Å². The molecule has 196 valence electrons. The lowest BCUT2D eigenvalue weighted by Crippen LogP contribution is -2.50. The van der Waals surface area contributed by atoms with Gasteiger partial charge in [0.15, 0.2) is 17.3 Å². The molecule has 5 heterocycles. The highest BCUT2D eigenvalue weighted by atomic mass is 15.3. The molecule has 0 unspecified atom stereocenters. The fraction of sp³-hybridized carbons (Fsp3) is 0.333. The molecule has 1 saturated carbocycles. The van der Waals surface area contributed by atoms with Crippen LogP contribution in [0, 0.1) is 5.41 Å². The van der Waals surface area contributed by atoms with Gasteiger partial charge in [0.1, 0.15) is 11.3 Å². The molecule has 39 heavy (non-hydrogen) atoms. The van der Waals surface area contributed by atoms with Gasteiger partial charge >= 0.3 is 0 Å². The van der Waals surface area contributed by atoms with E-state index >= 15 is 0 Å². The molecule has 2 aliphatic carbocycles. The van der Waals surface area contributed by atoms with Crippen LogP contribution in [0.25, 0.3) is 34.1 Å². The third-order valence-corrected chi connectivity index (χ3v) is 8.90. The predicted molar refractivity (Wildman–Crippen MR) is 151 cm³/mol. The summed E-state index contributed by atoms with van der Waals surface area (Å²) in [4.78, 5) is 14.3. The number of nitrogens with zero attached hydrogens (tertiary/aromatic N) is 6. The highest BCUT2D eigenvalue weighted by Crippen LogP contribution is 2.47. The molecule has 9 nitrogen and oxygen atoms in total. The van der Waals surface area contributed by atoms with Crippen LogP contribution < -0.4 is 16.4 Å². The fourth-order valence-corrected chi connectivity index (χ4v) is 6.96. The van der Waals surface area contributed by atoms with E-state index in [0.717, 1.165) is 46.9 Å². The maximum atomic E-state index is 6.33. The molecule has 0 radical (unpaired) electrons. The first-order valence-corrected chi connectivity index (χ1v) is 13.9. The Labute approximate surface area is 226 Å². The normalized spacial score (nSPS) is 23.9. The molecule has 2 fully saturated rings. The van der Waals surface area contributed by atoms with Crippen molar-refractivity contribution in [3.63, 3.8) is 0 Å². The van der Waals surface area contributed by atoms with E-state index in [4.69, 9.17) is 15.7 Å². The van der Waals surface area contributed by atoms with Crippen molar-refractivity contribution in [1.29, 1.82) is 0 Å². The molecule has 3 aliphatic rings. The van der Waals surface area contributed by atoms with E-state index in [1.165, 1.54) is 43.5 Å². The second-order valence-corrected chi connectivity index (χ2v) is 11.3. The fourth-order valence-electron chi connectivity index (χ4n) is 6.96. The van der Waals surface area contributed by atoms with E-state index in [0.29, 0.717) is 23.3 Å². The zero-order valence-corrected chi connectivity index (χ0v) is 21.7. The number of nitrogens with two attached hydrogens (primary N) is 1. The summed E-state index contributed by atoms with van der Waals surface area (Å²) in [6, 6.07) is 17.5. The van der Waals surface area contributed by atoms with Crippen LogP contribution in [0.2, 0.25) is 0 Å². The lowest BCUT2D eigenvalue weighted by Gasteiger charge is -2.46. The summed E-state index contributed by atoms with van der Waals surface area (Å²) in [7, 11) is 0. The minimum Gasteiger partial charge on any atom is -0.383 e. The number of fused-ring (bicyclic) bond motifs is 2. The average molecular weight is 518 g/mol. The summed E-state index contributed by atoms with van der Waals surface area (Å²) in [5.41, 5.74) is 13.1. The van der Waals surface area contributed by atoms with Crippen molar-refractivity contribution >= 4 is 17.0 Å². The quantitative estimate of drug-likeness (QED) is 0.323. The Morgan fingerprint density at radius 3 is 2.82 bits per heavy atom. The van der Waals surface area contributed by atoms with Crippen LogP contribution in [-0.2, 0) is 6.42 Å². The van der Waals surface area contributed by atoms with Crippen LogP contribution in [-0.4, -0.2) is 48.4 Å². The number of aromatic nitrogens is 6. The maximum absolute atomic E-state index is 6.33. The Kier molecular flexibility index (Phi) is 5.11. The minimum absolute atomic E-state index is 0.420. The topological polar surface area (TPSA) is 112 Å². The van der Waals surface area contributed by atoms with Crippen molar-refractivity contribution in [3.8, 4) is 22.9 Å². The molecule has 0 amide bonds. The summed E-state index contributed by atoms with van der Waals surface area (Å²) in [6.45, 7) is 2.37. The minimum atomic E-state index is 0.420. The van der Waals surface area contributed by atoms with Crippen molar-refractivity contribution in [2.45, 2.75) is 44.2 Å². The summed E-state index contributed by atoms with van der Waals surface area (Å²) >= 11 is 0. The maximum Gasteiger partial charge on any atom is 0.167 e. The number of nitrogen functional groups attached to an aromatic ring is 1. The predicted octanol–water partition coefficient (Wildman–Crippen LogP) is 3.97. The van der Waals surface area contributed by atoms with Gasteiger partial charge in [-0.1, -0.05) is 6.07 Å². The van der Waals surface area contributed by atoms with E-state index in [1.54, 1.807) is 17.1 Å². The summed E-state index contributed by atoms with van der Waals surface area (Å²) in [6.07, 6.45) is 11.5.